The van der Waals surface area contributed by atoms with Crippen LogP contribution >= 0.6 is 0 Å². The second-order valence-corrected chi connectivity index (χ2v) is 6.62. The third-order valence-electron chi connectivity index (χ3n) is 4.20. The van der Waals surface area contributed by atoms with Crippen molar-refractivity contribution in [2.45, 2.75) is 84.8 Å². The summed E-state index contributed by atoms with van der Waals surface area (Å²) < 4.78 is 11.3. The van der Waals surface area contributed by atoms with E-state index in [4.69, 9.17) is 9.47 Å². The molecule has 0 aliphatic heterocycles. The van der Waals surface area contributed by atoms with Crippen molar-refractivity contribution in [3.8, 4) is 5.75 Å². The SMILES string of the molecule is C=C(C)C(=O)OC(CC)Oc1ccccc1CCCCCCCCC. The standard InChI is InChI=1S/C22H34O3/c1-5-7-8-9-10-11-12-15-19-16-13-14-17-20(19)24-21(6-2)25-22(23)18(3)4/h13-14,16-17,21H,3,5-12,15H2,1-2,4H3. The first-order chi connectivity index (χ1) is 12.1. The summed E-state index contributed by atoms with van der Waals surface area (Å²) in [7, 11) is 0. The van der Waals surface area contributed by atoms with Crippen molar-refractivity contribution >= 4 is 5.97 Å². The number of para-hydroxylation sites is 1. The number of esters is 1. The monoisotopic (exact) mass is 346 g/mol. The summed E-state index contributed by atoms with van der Waals surface area (Å²) in [5, 5.41) is 0. The molecule has 0 N–H and O–H groups in total. The Morgan fingerprint density at radius 1 is 1.04 bits per heavy atom. The van der Waals surface area contributed by atoms with E-state index in [9.17, 15) is 4.79 Å². The van der Waals surface area contributed by atoms with Gasteiger partial charge in [0.2, 0.25) is 6.29 Å². The van der Waals surface area contributed by atoms with Gasteiger partial charge in [0.05, 0.1) is 0 Å². The highest BCUT2D eigenvalue weighted by atomic mass is 16.7. The Morgan fingerprint density at radius 2 is 1.68 bits per heavy atom. The van der Waals surface area contributed by atoms with E-state index in [0.29, 0.717) is 12.0 Å². The van der Waals surface area contributed by atoms with Crippen LogP contribution in [0.25, 0.3) is 0 Å². The molecule has 0 radical (unpaired) electrons. The number of hydrogen-bond acceptors (Lipinski definition) is 3. The zero-order chi connectivity index (χ0) is 18.5. The van der Waals surface area contributed by atoms with E-state index in [1.165, 1.54) is 44.1 Å². The van der Waals surface area contributed by atoms with Gasteiger partial charge in [-0.25, -0.2) is 4.79 Å². The molecule has 25 heavy (non-hydrogen) atoms. The zero-order valence-electron chi connectivity index (χ0n) is 16.2. The average Bonchev–Trinajstić information content (AvgIpc) is 2.61. The van der Waals surface area contributed by atoms with Gasteiger partial charge >= 0.3 is 5.97 Å². The minimum Gasteiger partial charge on any atom is -0.455 e. The number of carbonyl (C=O) groups is 1. The normalized spacial score (nSPS) is 11.8. The van der Waals surface area contributed by atoms with E-state index in [0.717, 1.165) is 18.6 Å². The van der Waals surface area contributed by atoms with Crippen molar-refractivity contribution in [2.24, 2.45) is 0 Å². The molecule has 1 aromatic carbocycles. The Hall–Kier alpha value is -1.77. The van der Waals surface area contributed by atoms with Gasteiger partial charge in [-0.3, -0.25) is 0 Å². The molecule has 0 aromatic heterocycles. The molecule has 0 heterocycles. The molecule has 0 amide bonds. The first-order valence-corrected chi connectivity index (χ1v) is 9.69. The van der Waals surface area contributed by atoms with E-state index >= 15 is 0 Å². The minimum atomic E-state index is -0.570. The summed E-state index contributed by atoms with van der Waals surface area (Å²) in [6.45, 7) is 9.44. The van der Waals surface area contributed by atoms with Gasteiger partial charge in [-0.1, -0.05) is 77.2 Å². The second kappa shape index (κ2) is 12.6. The Bertz CT molecular complexity index is 522. The van der Waals surface area contributed by atoms with Crippen LogP contribution < -0.4 is 4.74 Å². The van der Waals surface area contributed by atoms with Crippen LogP contribution in [0.3, 0.4) is 0 Å². The van der Waals surface area contributed by atoms with Crippen LogP contribution in [0.2, 0.25) is 0 Å². The van der Waals surface area contributed by atoms with Gasteiger partial charge in [0, 0.05) is 12.0 Å². The quantitative estimate of drug-likeness (QED) is 0.184. The van der Waals surface area contributed by atoms with Gasteiger partial charge in [0.1, 0.15) is 5.75 Å². The lowest BCUT2D eigenvalue weighted by Crippen LogP contribution is -2.24. The van der Waals surface area contributed by atoms with Crippen molar-refractivity contribution in [3.05, 3.63) is 42.0 Å². The van der Waals surface area contributed by atoms with Crippen LogP contribution in [0, 0.1) is 0 Å². The number of ether oxygens (including phenoxy) is 2. The Balaban J connectivity index is 2.49. The maximum atomic E-state index is 11.7. The van der Waals surface area contributed by atoms with E-state index in [-0.39, 0.29) is 0 Å². The van der Waals surface area contributed by atoms with Gasteiger partial charge in [-0.15, -0.1) is 0 Å². The number of aryl methyl sites for hydroxylation is 1. The number of carbonyl (C=O) groups excluding carboxylic acids is 1. The fourth-order valence-corrected chi connectivity index (χ4v) is 2.65. The molecule has 1 aromatic rings. The molecule has 0 saturated carbocycles. The molecule has 1 unspecified atom stereocenters. The fraction of sp³-hybridized carbons (Fsp3) is 0.591. The number of rotatable bonds is 13. The maximum Gasteiger partial charge on any atom is 0.336 e. The molecule has 0 aliphatic rings. The van der Waals surface area contributed by atoms with Crippen LogP contribution in [-0.2, 0) is 16.0 Å². The van der Waals surface area contributed by atoms with Gasteiger partial charge in [-0.2, -0.15) is 0 Å². The van der Waals surface area contributed by atoms with E-state index in [1.807, 2.05) is 25.1 Å². The van der Waals surface area contributed by atoms with Gasteiger partial charge in [0.25, 0.3) is 0 Å². The minimum absolute atomic E-state index is 0.387. The lowest BCUT2D eigenvalue weighted by Gasteiger charge is -2.20. The third-order valence-corrected chi connectivity index (χ3v) is 4.20. The summed E-state index contributed by atoms with van der Waals surface area (Å²) in [5.74, 6) is 0.409. The largest absolute Gasteiger partial charge is 0.455 e. The molecule has 1 rings (SSSR count). The van der Waals surface area contributed by atoms with Crippen LogP contribution in [0.1, 0.15) is 77.7 Å². The molecule has 0 bridgehead atoms. The number of hydrogen-bond donors (Lipinski definition) is 0. The molecule has 0 spiro atoms. The summed E-state index contributed by atoms with van der Waals surface area (Å²) in [5.41, 5.74) is 1.57. The van der Waals surface area contributed by atoms with Gasteiger partial charge in [0.15, 0.2) is 0 Å². The van der Waals surface area contributed by atoms with Crippen molar-refractivity contribution in [1.29, 1.82) is 0 Å². The van der Waals surface area contributed by atoms with Gasteiger partial charge < -0.3 is 9.47 Å². The van der Waals surface area contributed by atoms with E-state index in [2.05, 4.69) is 19.6 Å². The van der Waals surface area contributed by atoms with Crippen LogP contribution in [0.15, 0.2) is 36.4 Å². The lowest BCUT2D eigenvalue weighted by atomic mass is 10.0. The van der Waals surface area contributed by atoms with Crippen LogP contribution in [0.5, 0.6) is 5.75 Å². The summed E-state index contributed by atoms with van der Waals surface area (Å²) in [6.07, 6.45) is 10.1. The number of benzene rings is 1. The highest BCUT2D eigenvalue weighted by Gasteiger charge is 2.16. The smallest absolute Gasteiger partial charge is 0.336 e. The predicted molar refractivity (Wildman–Crippen MR) is 104 cm³/mol. The topological polar surface area (TPSA) is 35.5 Å². The first-order valence-electron chi connectivity index (χ1n) is 9.69. The van der Waals surface area contributed by atoms with Crippen molar-refractivity contribution in [3.63, 3.8) is 0 Å². The molecule has 0 fully saturated rings. The zero-order valence-corrected chi connectivity index (χ0v) is 16.2. The Morgan fingerprint density at radius 3 is 2.32 bits per heavy atom. The molecule has 1 atom stereocenters. The molecule has 3 nitrogen and oxygen atoms in total. The van der Waals surface area contributed by atoms with Crippen molar-refractivity contribution in [1.82, 2.24) is 0 Å². The third kappa shape index (κ3) is 8.76. The average molecular weight is 347 g/mol. The Kier molecular flexibility index (Phi) is 10.7. The second-order valence-electron chi connectivity index (χ2n) is 6.62. The highest BCUT2D eigenvalue weighted by molar-refractivity contribution is 5.87. The number of unbranched alkanes of at least 4 members (excludes halogenated alkanes) is 6. The van der Waals surface area contributed by atoms with Crippen molar-refractivity contribution in [2.75, 3.05) is 0 Å². The summed E-state index contributed by atoms with van der Waals surface area (Å²) in [4.78, 5) is 11.7. The highest BCUT2D eigenvalue weighted by Crippen LogP contribution is 2.23. The molecule has 0 saturated heterocycles. The molecular formula is C22H34O3. The van der Waals surface area contributed by atoms with E-state index < -0.39 is 12.3 Å². The van der Waals surface area contributed by atoms with Crippen LogP contribution in [-0.4, -0.2) is 12.3 Å². The molecule has 3 heteroatoms. The van der Waals surface area contributed by atoms with Crippen LogP contribution in [0.4, 0.5) is 0 Å². The first kappa shape index (κ1) is 21.3. The lowest BCUT2D eigenvalue weighted by molar-refractivity contribution is -0.159. The Labute approximate surface area is 153 Å². The van der Waals surface area contributed by atoms with Gasteiger partial charge in [-0.05, 0) is 31.4 Å². The van der Waals surface area contributed by atoms with E-state index in [1.54, 1.807) is 6.92 Å². The predicted octanol–water partition coefficient (Wildman–Crippen LogP) is 6.21. The molecule has 0 aliphatic carbocycles. The van der Waals surface area contributed by atoms with Crippen molar-refractivity contribution < 1.29 is 14.3 Å². The molecular weight excluding hydrogens is 312 g/mol. The maximum absolute atomic E-state index is 11.7. The summed E-state index contributed by atoms with van der Waals surface area (Å²) >= 11 is 0. The molecule has 140 valence electrons. The summed E-state index contributed by atoms with van der Waals surface area (Å²) in [6, 6.07) is 8.04. The fourth-order valence-electron chi connectivity index (χ4n) is 2.65.